The Morgan fingerprint density at radius 1 is 1.19 bits per heavy atom. The lowest BCUT2D eigenvalue weighted by Gasteiger charge is -2.13. The molecule has 0 spiro atoms. The quantitative estimate of drug-likeness (QED) is 0.548. The van der Waals surface area contributed by atoms with Crippen molar-refractivity contribution >= 4 is 18.0 Å². The lowest BCUT2D eigenvalue weighted by atomic mass is 10.3. The molecular formula is C10H13NO5. The molecule has 0 radical (unpaired) electrons. The van der Waals surface area contributed by atoms with Crippen molar-refractivity contribution in [3.63, 3.8) is 0 Å². The van der Waals surface area contributed by atoms with Gasteiger partial charge in [0.2, 0.25) is 5.91 Å². The fourth-order valence-electron chi connectivity index (χ4n) is 1.91. The third kappa shape index (κ3) is 2.50. The molecule has 1 saturated carbocycles. The smallest absolute Gasteiger partial charge is 0.431 e. The predicted octanol–water partition coefficient (Wildman–Crippen LogP) is 0.497. The molecule has 2 fully saturated rings. The first-order chi connectivity index (χ1) is 7.65. The maximum atomic E-state index is 11.3. The van der Waals surface area contributed by atoms with Crippen LogP contribution < -0.4 is 5.32 Å². The number of carbonyl (C=O) groups is 3. The van der Waals surface area contributed by atoms with Gasteiger partial charge in [0.15, 0.2) is 6.10 Å². The SMILES string of the molecule is O=C1CC(OC(=O)OC2CCCC2)C(=O)N1. The third-order valence-electron chi connectivity index (χ3n) is 2.73. The summed E-state index contributed by atoms with van der Waals surface area (Å²) < 4.78 is 9.77. The van der Waals surface area contributed by atoms with Gasteiger partial charge in [-0.15, -0.1) is 0 Å². The summed E-state index contributed by atoms with van der Waals surface area (Å²) in [5.74, 6) is -1.00. The van der Waals surface area contributed by atoms with Gasteiger partial charge in [0, 0.05) is 0 Å². The van der Waals surface area contributed by atoms with E-state index in [2.05, 4.69) is 5.32 Å². The van der Waals surface area contributed by atoms with Crippen LogP contribution in [-0.2, 0) is 19.1 Å². The number of imide groups is 1. The van der Waals surface area contributed by atoms with Crippen LogP contribution in [0.25, 0.3) is 0 Å². The van der Waals surface area contributed by atoms with Crippen LogP contribution in [0.2, 0.25) is 0 Å². The van der Waals surface area contributed by atoms with E-state index >= 15 is 0 Å². The highest BCUT2D eigenvalue weighted by molar-refractivity contribution is 6.05. The molecule has 0 aromatic heterocycles. The number of hydrogen-bond acceptors (Lipinski definition) is 5. The topological polar surface area (TPSA) is 81.7 Å². The van der Waals surface area contributed by atoms with Gasteiger partial charge in [-0.1, -0.05) is 0 Å². The number of carbonyl (C=O) groups excluding carboxylic acids is 3. The lowest BCUT2D eigenvalue weighted by Crippen LogP contribution is -2.29. The molecule has 6 nitrogen and oxygen atoms in total. The molecule has 2 amide bonds. The molecule has 1 N–H and O–H groups in total. The first-order valence-corrected chi connectivity index (χ1v) is 5.36. The van der Waals surface area contributed by atoms with Gasteiger partial charge in [-0.3, -0.25) is 14.9 Å². The molecule has 0 aromatic carbocycles. The Bertz CT molecular complexity index is 321. The summed E-state index contributed by atoms with van der Waals surface area (Å²) in [5, 5.41) is 2.06. The Hall–Kier alpha value is -1.59. The normalized spacial score (nSPS) is 25.6. The highest BCUT2D eigenvalue weighted by Gasteiger charge is 2.35. The zero-order valence-electron chi connectivity index (χ0n) is 8.73. The molecule has 1 aliphatic carbocycles. The molecule has 6 heteroatoms. The van der Waals surface area contributed by atoms with E-state index in [0.717, 1.165) is 25.7 Å². The van der Waals surface area contributed by atoms with Crippen LogP contribution >= 0.6 is 0 Å². The number of amides is 2. The van der Waals surface area contributed by atoms with E-state index in [-0.39, 0.29) is 12.5 Å². The molecule has 0 bridgehead atoms. The highest BCUT2D eigenvalue weighted by atomic mass is 16.7. The van der Waals surface area contributed by atoms with E-state index in [1.807, 2.05) is 0 Å². The Kier molecular flexibility index (Phi) is 3.07. The standard InChI is InChI=1S/C10H13NO5/c12-8-5-7(9(13)11-8)16-10(14)15-6-3-1-2-4-6/h6-7H,1-5H2,(H,11,12,13). The van der Waals surface area contributed by atoms with Crippen molar-refractivity contribution in [2.75, 3.05) is 0 Å². The fourth-order valence-corrected chi connectivity index (χ4v) is 1.91. The summed E-state index contributed by atoms with van der Waals surface area (Å²) in [6.07, 6.45) is 1.66. The van der Waals surface area contributed by atoms with E-state index in [4.69, 9.17) is 9.47 Å². The molecule has 1 saturated heterocycles. The van der Waals surface area contributed by atoms with Crippen LogP contribution in [0.5, 0.6) is 0 Å². The third-order valence-corrected chi connectivity index (χ3v) is 2.73. The first-order valence-electron chi connectivity index (χ1n) is 5.36. The molecular weight excluding hydrogens is 214 g/mol. The van der Waals surface area contributed by atoms with E-state index in [0.29, 0.717) is 0 Å². The van der Waals surface area contributed by atoms with Gasteiger partial charge in [0.05, 0.1) is 6.42 Å². The molecule has 1 unspecified atom stereocenters. The van der Waals surface area contributed by atoms with Crippen LogP contribution in [-0.4, -0.2) is 30.2 Å². The first kappa shape index (κ1) is 10.9. The van der Waals surface area contributed by atoms with Gasteiger partial charge in [-0.05, 0) is 25.7 Å². The van der Waals surface area contributed by atoms with Crippen molar-refractivity contribution in [2.45, 2.75) is 44.3 Å². The van der Waals surface area contributed by atoms with Crippen LogP contribution in [0.15, 0.2) is 0 Å². The zero-order valence-corrected chi connectivity index (χ0v) is 8.73. The minimum absolute atomic E-state index is 0.104. The van der Waals surface area contributed by atoms with E-state index < -0.39 is 24.1 Å². The lowest BCUT2D eigenvalue weighted by molar-refractivity contribution is -0.129. The van der Waals surface area contributed by atoms with E-state index in [9.17, 15) is 14.4 Å². The van der Waals surface area contributed by atoms with Gasteiger partial charge in [-0.2, -0.15) is 0 Å². The minimum Gasteiger partial charge on any atom is -0.431 e. The van der Waals surface area contributed by atoms with E-state index in [1.54, 1.807) is 0 Å². The Balaban J connectivity index is 1.78. The van der Waals surface area contributed by atoms with Crippen LogP contribution in [0.4, 0.5) is 4.79 Å². The Morgan fingerprint density at radius 2 is 1.88 bits per heavy atom. The average Bonchev–Trinajstić information content (AvgIpc) is 2.78. The molecule has 0 aromatic rings. The number of rotatable bonds is 2. The minimum atomic E-state index is -1.03. The monoisotopic (exact) mass is 227 g/mol. The second-order valence-electron chi connectivity index (χ2n) is 4.00. The van der Waals surface area contributed by atoms with Crippen molar-refractivity contribution in [1.82, 2.24) is 5.32 Å². The maximum Gasteiger partial charge on any atom is 0.509 e. The zero-order chi connectivity index (χ0) is 11.5. The largest absolute Gasteiger partial charge is 0.509 e. The molecule has 1 aliphatic heterocycles. The summed E-state index contributed by atoms with van der Waals surface area (Å²) in [7, 11) is 0. The predicted molar refractivity (Wildman–Crippen MR) is 51.4 cm³/mol. The van der Waals surface area contributed by atoms with Gasteiger partial charge < -0.3 is 9.47 Å². The summed E-state index contributed by atoms with van der Waals surface area (Å²) in [4.78, 5) is 33.2. The van der Waals surface area contributed by atoms with Crippen molar-refractivity contribution < 1.29 is 23.9 Å². The van der Waals surface area contributed by atoms with Gasteiger partial charge in [0.1, 0.15) is 6.10 Å². The van der Waals surface area contributed by atoms with E-state index in [1.165, 1.54) is 0 Å². The van der Waals surface area contributed by atoms with Crippen molar-refractivity contribution in [3.8, 4) is 0 Å². The number of ether oxygens (including phenoxy) is 2. The van der Waals surface area contributed by atoms with Crippen LogP contribution in [0, 0.1) is 0 Å². The second-order valence-corrected chi connectivity index (χ2v) is 4.00. The molecule has 2 aliphatic rings. The summed E-state index contributed by atoms with van der Waals surface area (Å²) >= 11 is 0. The average molecular weight is 227 g/mol. The van der Waals surface area contributed by atoms with Crippen LogP contribution in [0.3, 0.4) is 0 Å². The van der Waals surface area contributed by atoms with Crippen LogP contribution in [0.1, 0.15) is 32.1 Å². The summed E-state index contributed by atoms with van der Waals surface area (Å²) in [5.41, 5.74) is 0. The maximum absolute atomic E-state index is 11.3. The van der Waals surface area contributed by atoms with Gasteiger partial charge in [0.25, 0.3) is 5.91 Å². The molecule has 1 heterocycles. The van der Waals surface area contributed by atoms with Crippen molar-refractivity contribution in [1.29, 1.82) is 0 Å². The highest BCUT2D eigenvalue weighted by Crippen LogP contribution is 2.21. The summed E-state index contributed by atoms with van der Waals surface area (Å²) in [6, 6.07) is 0. The Labute approximate surface area is 92.3 Å². The van der Waals surface area contributed by atoms with Crippen molar-refractivity contribution in [3.05, 3.63) is 0 Å². The molecule has 2 rings (SSSR count). The Morgan fingerprint density at radius 3 is 2.44 bits per heavy atom. The second kappa shape index (κ2) is 4.51. The molecule has 1 atom stereocenters. The molecule has 88 valence electrons. The van der Waals surface area contributed by atoms with Crippen molar-refractivity contribution in [2.24, 2.45) is 0 Å². The summed E-state index contributed by atoms with van der Waals surface area (Å²) in [6.45, 7) is 0. The number of hydrogen-bond donors (Lipinski definition) is 1. The van der Waals surface area contributed by atoms with Gasteiger partial charge in [-0.25, -0.2) is 4.79 Å². The van der Waals surface area contributed by atoms with Gasteiger partial charge >= 0.3 is 6.16 Å². The number of nitrogens with one attached hydrogen (secondary N) is 1. The molecule has 16 heavy (non-hydrogen) atoms. The fraction of sp³-hybridized carbons (Fsp3) is 0.700.